The van der Waals surface area contributed by atoms with Crippen molar-refractivity contribution in [3.63, 3.8) is 0 Å². The minimum Gasteiger partial charge on any atom is -0.323 e. The Hall–Kier alpha value is -2.60. The number of para-hydroxylation sites is 2. The number of rotatable bonds is 4. The molecule has 0 atom stereocenters. The van der Waals surface area contributed by atoms with Crippen LogP contribution in [0.1, 0.15) is 30.3 Å². The molecule has 0 radical (unpaired) electrons. The van der Waals surface area contributed by atoms with Gasteiger partial charge in [0.15, 0.2) is 0 Å². The first-order chi connectivity index (χ1) is 10.3. The Kier molecular flexibility index (Phi) is 3.70. The number of hydrogen-bond acceptors (Lipinski definition) is 2. The third kappa shape index (κ3) is 2.53. The van der Waals surface area contributed by atoms with Crippen molar-refractivity contribution in [2.24, 2.45) is 0 Å². The molecule has 0 fully saturated rings. The van der Waals surface area contributed by atoms with Crippen LogP contribution >= 0.6 is 0 Å². The Balaban J connectivity index is 2.11. The normalized spacial score (nSPS) is 10.7. The van der Waals surface area contributed by atoms with Crippen molar-refractivity contribution in [2.45, 2.75) is 26.3 Å². The van der Waals surface area contributed by atoms with Crippen LogP contribution in [0.15, 0.2) is 48.5 Å². The lowest BCUT2D eigenvalue weighted by molar-refractivity contribution is 0.721. The van der Waals surface area contributed by atoms with Gasteiger partial charge in [-0.3, -0.25) is 0 Å². The first-order valence-electron chi connectivity index (χ1n) is 7.25. The number of nitrogens with zero attached hydrogens (tertiary/aromatic N) is 3. The first kappa shape index (κ1) is 13.4. The summed E-state index contributed by atoms with van der Waals surface area (Å²) in [5, 5.41) is 9.26. The standard InChI is InChI=1S/C18H17N3/c1-2-7-18-20-16-10-5-6-11-17(16)21(18)13-15-9-4-3-8-14(15)12-19/h3-6,8-11H,2,7,13H2,1H3. The van der Waals surface area contributed by atoms with Gasteiger partial charge in [-0.2, -0.15) is 5.26 Å². The lowest BCUT2D eigenvalue weighted by atomic mass is 10.1. The van der Waals surface area contributed by atoms with Crippen LogP contribution in [0.25, 0.3) is 11.0 Å². The zero-order valence-electron chi connectivity index (χ0n) is 12.1. The maximum atomic E-state index is 9.26. The highest BCUT2D eigenvalue weighted by Crippen LogP contribution is 2.20. The third-order valence-electron chi connectivity index (χ3n) is 3.67. The number of fused-ring (bicyclic) bond motifs is 1. The van der Waals surface area contributed by atoms with Gasteiger partial charge in [-0.25, -0.2) is 4.98 Å². The SMILES string of the molecule is CCCc1nc2ccccc2n1Cc1ccccc1C#N. The average molecular weight is 275 g/mol. The van der Waals surface area contributed by atoms with Crippen LogP contribution in [0, 0.1) is 11.3 Å². The zero-order chi connectivity index (χ0) is 14.7. The number of benzene rings is 2. The van der Waals surface area contributed by atoms with E-state index in [4.69, 9.17) is 4.98 Å². The van der Waals surface area contributed by atoms with Crippen molar-refractivity contribution >= 4 is 11.0 Å². The third-order valence-corrected chi connectivity index (χ3v) is 3.67. The van der Waals surface area contributed by atoms with Crippen molar-refractivity contribution in [1.29, 1.82) is 5.26 Å². The average Bonchev–Trinajstić information content (AvgIpc) is 2.86. The predicted molar refractivity (Wildman–Crippen MR) is 84.0 cm³/mol. The van der Waals surface area contributed by atoms with Crippen LogP contribution < -0.4 is 0 Å². The maximum Gasteiger partial charge on any atom is 0.110 e. The van der Waals surface area contributed by atoms with E-state index in [9.17, 15) is 5.26 Å². The molecule has 3 aromatic rings. The van der Waals surface area contributed by atoms with Gasteiger partial charge in [0.25, 0.3) is 0 Å². The van der Waals surface area contributed by atoms with E-state index in [1.54, 1.807) is 0 Å². The summed E-state index contributed by atoms with van der Waals surface area (Å²) in [6.07, 6.45) is 2.01. The van der Waals surface area contributed by atoms with Crippen molar-refractivity contribution in [1.82, 2.24) is 9.55 Å². The van der Waals surface area contributed by atoms with E-state index < -0.39 is 0 Å². The van der Waals surface area contributed by atoms with Crippen molar-refractivity contribution in [3.8, 4) is 6.07 Å². The molecule has 0 aliphatic carbocycles. The fourth-order valence-electron chi connectivity index (χ4n) is 2.65. The molecule has 3 rings (SSSR count). The topological polar surface area (TPSA) is 41.6 Å². The van der Waals surface area contributed by atoms with E-state index in [1.165, 1.54) is 0 Å². The van der Waals surface area contributed by atoms with Gasteiger partial charge in [0.2, 0.25) is 0 Å². The van der Waals surface area contributed by atoms with E-state index in [2.05, 4.69) is 23.6 Å². The number of nitriles is 1. The first-order valence-corrected chi connectivity index (χ1v) is 7.25. The fraction of sp³-hybridized carbons (Fsp3) is 0.222. The zero-order valence-corrected chi connectivity index (χ0v) is 12.1. The van der Waals surface area contributed by atoms with E-state index in [1.807, 2.05) is 42.5 Å². The van der Waals surface area contributed by atoms with Crippen LogP contribution in [0.2, 0.25) is 0 Å². The van der Waals surface area contributed by atoms with Crippen LogP contribution in [0.5, 0.6) is 0 Å². The molecule has 3 heteroatoms. The largest absolute Gasteiger partial charge is 0.323 e. The van der Waals surface area contributed by atoms with E-state index in [0.29, 0.717) is 6.54 Å². The van der Waals surface area contributed by atoms with Gasteiger partial charge < -0.3 is 4.57 Å². The van der Waals surface area contributed by atoms with Gasteiger partial charge in [-0.05, 0) is 30.2 Å². The summed E-state index contributed by atoms with van der Waals surface area (Å²) >= 11 is 0. The molecule has 0 unspecified atom stereocenters. The number of imidazole rings is 1. The molecule has 2 aromatic carbocycles. The summed E-state index contributed by atoms with van der Waals surface area (Å²) in [4.78, 5) is 4.73. The Labute approximate surface area is 124 Å². The Bertz CT molecular complexity index is 809. The molecule has 0 bridgehead atoms. The van der Waals surface area contributed by atoms with Crippen LogP contribution in [0.4, 0.5) is 0 Å². The summed E-state index contributed by atoms with van der Waals surface area (Å²) < 4.78 is 2.23. The highest BCUT2D eigenvalue weighted by molar-refractivity contribution is 5.76. The molecular formula is C18H17N3. The molecule has 0 amide bonds. The summed E-state index contributed by atoms with van der Waals surface area (Å²) in [7, 11) is 0. The van der Waals surface area contributed by atoms with E-state index >= 15 is 0 Å². The lowest BCUT2D eigenvalue weighted by Gasteiger charge is -2.10. The monoisotopic (exact) mass is 275 g/mol. The molecule has 0 aliphatic heterocycles. The molecule has 0 N–H and O–H groups in total. The summed E-state index contributed by atoms with van der Waals surface area (Å²) in [6, 6.07) is 18.2. The Morgan fingerprint density at radius 3 is 2.67 bits per heavy atom. The van der Waals surface area contributed by atoms with Gasteiger partial charge in [-0.1, -0.05) is 37.3 Å². The number of aryl methyl sites for hydroxylation is 1. The smallest absolute Gasteiger partial charge is 0.110 e. The molecule has 104 valence electrons. The quantitative estimate of drug-likeness (QED) is 0.724. The maximum absolute atomic E-state index is 9.26. The molecule has 0 saturated carbocycles. The Morgan fingerprint density at radius 1 is 1.10 bits per heavy atom. The molecule has 3 nitrogen and oxygen atoms in total. The molecule has 0 spiro atoms. The molecule has 0 saturated heterocycles. The molecular weight excluding hydrogens is 258 g/mol. The minimum atomic E-state index is 0.694. The van der Waals surface area contributed by atoms with Crippen molar-refractivity contribution in [2.75, 3.05) is 0 Å². The van der Waals surface area contributed by atoms with Crippen LogP contribution in [0.3, 0.4) is 0 Å². The molecule has 0 aliphatic rings. The second-order valence-electron chi connectivity index (χ2n) is 5.12. The van der Waals surface area contributed by atoms with Gasteiger partial charge in [0, 0.05) is 6.42 Å². The van der Waals surface area contributed by atoms with Crippen LogP contribution in [-0.2, 0) is 13.0 Å². The highest BCUT2D eigenvalue weighted by Gasteiger charge is 2.11. The lowest BCUT2D eigenvalue weighted by Crippen LogP contribution is -2.06. The molecule has 21 heavy (non-hydrogen) atoms. The van der Waals surface area contributed by atoms with Gasteiger partial charge >= 0.3 is 0 Å². The summed E-state index contributed by atoms with van der Waals surface area (Å²) in [5.74, 6) is 1.09. The second kappa shape index (κ2) is 5.80. The summed E-state index contributed by atoms with van der Waals surface area (Å²) in [5.41, 5.74) is 3.93. The van der Waals surface area contributed by atoms with Gasteiger partial charge in [-0.15, -0.1) is 0 Å². The molecule has 1 aromatic heterocycles. The van der Waals surface area contributed by atoms with Crippen molar-refractivity contribution in [3.05, 3.63) is 65.5 Å². The van der Waals surface area contributed by atoms with E-state index in [0.717, 1.165) is 40.8 Å². The van der Waals surface area contributed by atoms with Crippen LogP contribution in [-0.4, -0.2) is 9.55 Å². The minimum absolute atomic E-state index is 0.694. The Morgan fingerprint density at radius 2 is 1.86 bits per heavy atom. The molecule has 1 heterocycles. The van der Waals surface area contributed by atoms with Gasteiger partial charge in [0.1, 0.15) is 5.82 Å². The number of hydrogen-bond donors (Lipinski definition) is 0. The predicted octanol–water partition coefficient (Wildman–Crippen LogP) is 3.91. The van der Waals surface area contributed by atoms with Crippen molar-refractivity contribution < 1.29 is 0 Å². The van der Waals surface area contributed by atoms with Gasteiger partial charge in [0.05, 0.1) is 29.2 Å². The second-order valence-corrected chi connectivity index (χ2v) is 5.12. The summed E-state index contributed by atoms with van der Waals surface area (Å²) in [6.45, 7) is 2.85. The van der Waals surface area contributed by atoms with E-state index in [-0.39, 0.29) is 0 Å². The fourth-order valence-corrected chi connectivity index (χ4v) is 2.65. The number of aromatic nitrogens is 2. The highest BCUT2D eigenvalue weighted by atomic mass is 15.1.